The minimum absolute atomic E-state index is 0.0384. The van der Waals surface area contributed by atoms with Crippen molar-refractivity contribution >= 4 is 23.8 Å². The van der Waals surface area contributed by atoms with Crippen LogP contribution in [0, 0.1) is 0 Å². The second kappa shape index (κ2) is 45.6. The average molecular weight is 845 g/mol. The van der Waals surface area contributed by atoms with Gasteiger partial charge in [0, 0.05) is 12.8 Å². The van der Waals surface area contributed by atoms with E-state index in [9.17, 15) is 19.2 Å². The molecule has 0 aliphatic heterocycles. The van der Waals surface area contributed by atoms with Crippen LogP contribution in [0.3, 0.4) is 0 Å². The Morgan fingerprint density at radius 1 is 0.500 bits per heavy atom. The molecule has 60 heavy (non-hydrogen) atoms. The topological polar surface area (TPSA) is 142 Å². The number of carboxylic acids is 1. The Hall–Kier alpha value is -2.94. The lowest BCUT2D eigenvalue weighted by Gasteiger charge is -2.18. The molecule has 0 aromatic heterocycles. The summed E-state index contributed by atoms with van der Waals surface area (Å²) >= 11 is 0. The van der Waals surface area contributed by atoms with Gasteiger partial charge in [0.05, 0.1) is 13.2 Å². The number of nitrogens with one attached hydrogen (secondary N) is 2. The molecule has 0 heterocycles. The number of hydrogen-bond acceptors (Lipinski definition) is 6. The molecule has 0 aromatic carbocycles. The molecule has 0 rings (SSSR count). The van der Waals surface area contributed by atoms with Gasteiger partial charge in [-0.25, -0.2) is 4.79 Å². The molecule has 0 fully saturated rings. The van der Waals surface area contributed by atoms with Gasteiger partial charge in [-0.15, -0.1) is 0 Å². The van der Waals surface area contributed by atoms with Crippen LogP contribution in [0.15, 0.2) is 36.5 Å². The summed E-state index contributed by atoms with van der Waals surface area (Å²) in [6.45, 7) is 3.48. The minimum atomic E-state index is -1.39. The Balaban J connectivity index is 4.36. The van der Waals surface area contributed by atoms with Gasteiger partial charge in [0.2, 0.25) is 11.8 Å². The molecule has 0 aromatic rings. The molecule has 2 atom stereocenters. The van der Waals surface area contributed by atoms with Crippen LogP contribution in [0.1, 0.15) is 239 Å². The third kappa shape index (κ3) is 41.8. The smallest absolute Gasteiger partial charge is 0.328 e. The number of aliphatic carboxylic acids is 1. The maximum atomic E-state index is 12.9. The van der Waals surface area contributed by atoms with Gasteiger partial charge < -0.3 is 25.6 Å². The summed E-state index contributed by atoms with van der Waals surface area (Å²) in [4.78, 5) is 47.7. The molecule has 348 valence electrons. The Kier molecular flexibility index (Phi) is 43.4. The van der Waals surface area contributed by atoms with Crippen LogP contribution in [0.4, 0.5) is 0 Å². The normalized spacial score (nSPS) is 12.7. The summed E-state index contributed by atoms with van der Waals surface area (Å²) in [6, 6.07) is -1.39. The van der Waals surface area contributed by atoms with E-state index in [4.69, 9.17) is 14.9 Å². The van der Waals surface area contributed by atoms with Crippen molar-refractivity contribution in [2.75, 3.05) is 13.2 Å². The molecule has 0 aliphatic rings. The van der Waals surface area contributed by atoms with E-state index < -0.39 is 24.5 Å². The number of carbonyl (C=O) groups excluding carboxylic acids is 3. The van der Waals surface area contributed by atoms with E-state index in [0.717, 1.165) is 83.5 Å². The van der Waals surface area contributed by atoms with Crippen molar-refractivity contribution in [3.63, 3.8) is 0 Å². The lowest BCUT2D eigenvalue weighted by molar-refractivity contribution is -0.150. The molecule has 0 radical (unpaired) electrons. The molecule has 0 saturated heterocycles. The number of carbonyl (C=O) groups is 4. The van der Waals surface area contributed by atoms with Gasteiger partial charge in [-0.05, 0) is 96.3 Å². The van der Waals surface area contributed by atoms with Crippen molar-refractivity contribution < 1.29 is 34.1 Å². The van der Waals surface area contributed by atoms with E-state index in [-0.39, 0.29) is 30.9 Å². The molecule has 4 N–H and O–H groups in total. The van der Waals surface area contributed by atoms with Crippen LogP contribution in [0.5, 0.6) is 0 Å². The van der Waals surface area contributed by atoms with Crippen LogP contribution in [-0.2, 0) is 23.9 Å². The van der Waals surface area contributed by atoms with Gasteiger partial charge in [0.1, 0.15) is 12.1 Å². The standard InChI is InChI=1S/C51H92N2O7/c1-3-5-7-9-11-13-15-17-19-20-22-24-26-28-30-35-39-43-50(57)60-46(40-36-32-29-27-25-23-21-18-16-14-12-10-8-6-4-2)41-37-33-31-34-38-42-48(55)52-44-49(56)53-47(45-54)51(58)59/h16-19,23,25,46-47,54H,3-15,20-22,24,26-45H2,1-2H3,(H,52,55)(H,53,56)(H,58,59)/b18-16-,19-17-,25-23-. The van der Waals surface area contributed by atoms with E-state index in [2.05, 4.69) is 60.9 Å². The quantitative estimate of drug-likeness (QED) is 0.0272. The first-order chi connectivity index (χ1) is 29.3. The Morgan fingerprint density at radius 2 is 0.900 bits per heavy atom. The van der Waals surface area contributed by atoms with Gasteiger partial charge in [-0.1, -0.05) is 166 Å². The zero-order valence-corrected chi connectivity index (χ0v) is 38.7. The van der Waals surface area contributed by atoms with Crippen LogP contribution in [0.25, 0.3) is 0 Å². The highest BCUT2D eigenvalue weighted by Gasteiger charge is 2.19. The van der Waals surface area contributed by atoms with Gasteiger partial charge in [-0.3, -0.25) is 14.4 Å². The number of amides is 2. The average Bonchev–Trinajstić information content (AvgIpc) is 3.23. The summed E-state index contributed by atoms with van der Waals surface area (Å²) in [5.74, 6) is -2.31. The predicted octanol–water partition coefficient (Wildman–Crippen LogP) is 12.9. The van der Waals surface area contributed by atoms with Gasteiger partial charge in [0.15, 0.2) is 0 Å². The van der Waals surface area contributed by atoms with Crippen LogP contribution >= 0.6 is 0 Å². The first-order valence-corrected chi connectivity index (χ1v) is 24.9. The van der Waals surface area contributed by atoms with Gasteiger partial charge in [-0.2, -0.15) is 0 Å². The second-order valence-electron chi connectivity index (χ2n) is 16.9. The van der Waals surface area contributed by atoms with Crippen LogP contribution in [0.2, 0.25) is 0 Å². The third-order valence-corrected chi connectivity index (χ3v) is 11.1. The van der Waals surface area contributed by atoms with E-state index >= 15 is 0 Å². The van der Waals surface area contributed by atoms with Crippen LogP contribution in [-0.4, -0.2) is 59.3 Å². The number of rotatable bonds is 45. The van der Waals surface area contributed by atoms with Gasteiger partial charge >= 0.3 is 11.9 Å². The molecule has 9 heteroatoms. The minimum Gasteiger partial charge on any atom is -0.480 e. The van der Waals surface area contributed by atoms with Crippen molar-refractivity contribution in [2.24, 2.45) is 0 Å². The summed E-state index contributed by atoms with van der Waals surface area (Å²) in [6.07, 6.45) is 53.1. The highest BCUT2D eigenvalue weighted by Crippen LogP contribution is 2.19. The zero-order valence-electron chi connectivity index (χ0n) is 38.7. The van der Waals surface area contributed by atoms with Crippen LogP contribution < -0.4 is 10.6 Å². The molecule has 2 amide bonds. The number of ether oxygens (including phenoxy) is 1. The van der Waals surface area contributed by atoms with Crippen molar-refractivity contribution in [2.45, 2.75) is 251 Å². The van der Waals surface area contributed by atoms with E-state index in [1.54, 1.807) is 0 Å². The lowest BCUT2D eigenvalue weighted by Crippen LogP contribution is -2.47. The molecule has 0 aliphatic carbocycles. The third-order valence-electron chi connectivity index (χ3n) is 11.1. The summed E-state index contributed by atoms with van der Waals surface area (Å²) in [5, 5.41) is 22.6. The second-order valence-corrected chi connectivity index (χ2v) is 16.9. The molecule has 0 saturated carbocycles. The highest BCUT2D eigenvalue weighted by molar-refractivity contribution is 5.87. The predicted molar refractivity (Wildman–Crippen MR) is 250 cm³/mol. The Bertz CT molecular complexity index is 1110. The molecular weight excluding hydrogens is 753 g/mol. The Labute approximate surface area is 367 Å². The molecular formula is C51H92N2O7. The number of carboxylic acid groups (broad SMARTS) is 1. The van der Waals surface area contributed by atoms with Crippen molar-refractivity contribution in [3.05, 3.63) is 36.5 Å². The molecule has 9 nitrogen and oxygen atoms in total. The largest absolute Gasteiger partial charge is 0.480 e. The van der Waals surface area contributed by atoms with Crippen molar-refractivity contribution in [1.82, 2.24) is 10.6 Å². The number of unbranched alkanes of at least 4 members (excludes halogenated alkanes) is 25. The number of hydrogen-bond donors (Lipinski definition) is 4. The number of allylic oxidation sites excluding steroid dienone is 6. The summed E-state index contributed by atoms with van der Waals surface area (Å²) < 4.78 is 6.05. The zero-order chi connectivity index (χ0) is 44.0. The number of aliphatic hydroxyl groups excluding tert-OH is 1. The maximum Gasteiger partial charge on any atom is 0.328 e. The fourth-order valence-electron chi connectivity index (χ4n) is 7.27. The SMILES string of the molecule is CCCCCCC/C=C\C/C=C\CCCCCC(CCCCCCCC(=O)NCC(=O)NC(CO)C(=O)O)OC(=O)CCCCCCCCC/C=C\CCCCCCCC. The fourth-order valence-corrected chi connectivity index (χ4v) is 7.27. The highest BCUT2D eigenvalue weighted by atomic mass is 16.5. The van der Waals surface area contributed by atoms with E-state index in [1.165, 1.54) is 122 Å². The number of esters is 1. The number of aliphatic hydroxyl groups is 1. The van der Waals surface area contributed by atoms with Crippen molar-refractivity contribution in [3.8, 4) is 0 Å². The monoisotopic (exact) mass is 845 g/mol. The molecule has 2 unspecified atom stereocenters. The first-order valence-electron chi connectivity index (χ1n) is 24.9. The maximum absolute atomic E-state index is 12.9. The Morgan fingerprint density at radius 3 is 1.37 bits per heavy atom. The lowest BCUT2D eigenvalue weighted by atomic mass is 10.0. The van der Waals surface area contributed by atoms with E-state index in [1.807, 2.05) is 0 Å². The summed E-state index contributed by atoms with van der Waals surface area (Å²) in [7, 11) is 0. The first kappa shape index (κ1) is 57.1. The van der Waals surface area contributed by atoms with Crippen molar-refractivity contribution in [1.29, 1.82) is 0 Å². The van der Waals surface area contributed by atoms with E-state index in [0.29, 0.717) is 12.8 Å². The summed E-state index contributed by atoms with van der Waals surface area (Å²) in [5.41, 5.74) is 0. The van der Waals surface area contributed by atoms with Gasteiger partial charge in [0.25, 0.3) is 0 Å². The fraction of sp³-hybridized carbons (Fsp3) is 0.804. The molecule has 0 bridgehead atoms. The molecule has 0 spiro atoms.